The van der Waals surface area contributed by atoms with E-state index in [1.165, 1.54) is 6.07 Å². The summed E-state index contributed by atoms with van der Waals surface area (Å²) in [5.41, 5.74) is 0.639. The molecule has 1 heterocycles. The van der Waals surface area contributed by atoms with Gasteiger partial charge in [-0.1, -0.05) is 18.2 Å². The Bertz CT molecular complexity index is 310. The molecular weight excluding hydrogens is 193 g/mol. The van der Waals surface area contributed by atoms with Gasteiger partial charge in [0.25, 0.3) is 0 Å². The van der Waals surface area contributed by atoms with Crippen LogP contribution in [0.15, 0.2) is 24.3 Å². The van der Waals surface area contributed by atoms with E-state index in [2.05, 4.69) is 5.32 Å². The quantitative estimate of drug-likeness (QED) is 0.746. The van der Waals surface area contributed by atoms with Crippen molar-refractivity contribution in [2.45, 2.75) is 25.6 Å². The van der Waals surface area contributed by atoms with Crippen molar-refractivity contribution in [1.82, 2.24) is 5.32 Å². The molecule has 1 aromatic rings. The van der Waals surface area contributed by atoms with Crippen LogP contribution in [0.1, 0.15) is 18.4 Å². The third-order valence-electron chi connectivity index (χ3n) is 2.65. The van der Waals surface area contributed by atoms with Crippen LogP contribution in [0.4, 0.5) is 4.39 Å². The first-order valence-electron chi connectivity index (χ1n) is 5.34. The lowest BCUT2D eigenvalue weighted by Gasteiger charge is -2.21. The minimum Gasteiger partial charge on any atom is -0.373 e. The van der Waals surface area contributed by atoms with Gasteiger partial charge in [0.15, 0.2) is 0 Å². The molecular formula is C12H15FNO. The SMILES string of the molecule is Fc1ccccc1COC1CC[N]CC1. The maximum Gasteiger partial charge on any atom is 0.128 e. The van der Waals surface area contributed by atoms with E-state index < -0.39 is 0 Å². The van der Waals surface area contributed by atoms with Crippen LogP contribution in [-0.4, -0.2) is 19.2 Å². The van der Waals surface area contributed by atoms with Gasteiger partial charge in [0.05, 0.1) is 12.7 Å². The van der Waals surface area contributed by atoms with Crippen molar-refractivity contribution in [3.05, 3.63) is 35.6 Å². The zero-order chi connectivity index (χ0) is 10.5. The first-order valence-corrected chi connectivity index (χ1v) is 5.34. The van der Waals surface area contributed by atoms with Crippen LogP contribution in [-0.2, 0) is 11.3 Å². The van der Waals surface area contributed by atoms with Gasteiger partial charge in [-0.05, 0) is 18.9 Å². The van der Waals surface area contributed by atoms with Gasteiger partial charge < -0.3 is 4.74 Å². The molecule has 3 heteroatoms. The average Bonchev–Trinajstić information content (AvgIpc) is 2.29. The summed E-state index contributed by atoms with van der Waals surface area (Å²) in [6.45, 7) is 2.13. The van der Waals surface area contributed by atoms with E-state index in [-0.39, 0.29) is 11.9 Å². The smallest absolute Gasteiger partial charge is 0.128 e. The molecule has 1 aromatic carbocycles. The van der Waals surface area contributed by atoms with Gasteiger partial charge in [0, 0.05) is 18.7 Å². The molecule has 0 aliphatic carbocycles. The number of halogens is 1. The number of ether oxygens (including phenoxy) is 1. The number of benzene rings is 1. The Morgan fingerprint density at radius 2 is 2.00 bits per heavy atom. The molecule has 1 aliphatic heterocycles. The van der Waals surface area contributed by atoms with E-state index in [4.69, 9.17) is 4.74 Å². The molecule has 0 spiro atoms. The highest BCUT2D eigenvalue weighted by molar-refractivity contribution is 5.16. The van der Waals surface area contributed by atoms with Crippen LogP contribution < -0.4 is 5.32 Å². The van der Waals surface area contributed by atoms with Crippen molar-refractivity contribution in [2.24, 2.45) is 0 Å². The summed E-state index contributed by atoms with van der Waals surface area (Å²) in [6, 6.07) is 6.76. The highest BCUT2D eigenvalue weighted by Gasteiger charge is 2.14. The van der Waals surface area contributed by atoms with E-state index in [9.17, 15) is 4.39 Å². The molecule has 1 radical (unpaired) electrons. The molecule has 1 aliphatic rings. The van der Waals surface area contributed by atoms with Crippen LogP contribution in [0.2, 0.25) is 0 Å². The highest BCUT2D eigenvalue weighted by Crippen LogP contribution is 2.13. The second-order valence-electron chi connectivity index (χ2n) is 3.77. The molecule has 2 nitrogen and oxygen atoms in total. The first-order chi connectivity index (χ1) is 7.36. The minimum absolute atomic E-state index is 0.182. The topological polar surface area (TPSA) is 23.3 Å². The fourth-order valence-electron chi connectivity index (χ4n) is 1.72. The lowest BCUT2D eigenvalue weighted by molar-refractivity contribution is 0.0194. The van der Waals surface area contributed by atoms with Crippen LogP contribution in [0.25, 0.3) is 0 Å². The monoisotopic (exact) mass is 208 g/mol. The van der Waals surface area contributed by atoms with Gasteiger partial charge in [-0.15, -0.1) is 0 Å². The van der Waals surface area contributed by atoms with E-state index in [1.807, 2.05) is 6.07 Å². The van der Waals surface area contributed by atoms with E-state index in [0.29, 0.717) is 12.2 Å². The molecule has 15 heavy (non-hydrogen) atoms. The summed E-state index contributed by atoms with van der Waals surface area (Å²) in [5.74, 6) is -0.182. The summed E-state index contributed by atoms with van der Waals surface area (Å²) < 4.78 is 18.9. The molecule has 1 saturated heterocycles. The Labute approximate surface area is 89.4 Å². The van der Waals surface area contributed by atoms with Gasteiger partial charge in [0.2, 0.25) is 0 Å². The Morgan fingerprint density at radius 1 is 1.27 bits per heavy atom. The number of nitrogens with zero attached hydrogens (tertiary/aromatic N) is 1. The van der Waals surface area contributed by atoms with Gasteiger partial charge in [-0.25, -0.2) is 9.71 Å². The molecule has 0 amide bonds. The number of hydrogen-bond acceptors (Lipinski definition) is 1. The van der Waals surface area contributed by atoms with Crippen molar-refractivity contribution in [1.29, 1.82) is 0 Å². The van der Waals surface area contributed by atoms with Crippen molar-refractivity contribution in [3.63, 3.8) is 0 Å². The molecule has 0 bridgehead atoms. The van der Waals surface area contributed by atoms with Gasteiger partial charge in [-0.2, -0.15) is 0 Å². The van der Waals surface area contributed by atoms with Crippen LogP contribution >= 0.6 is 0 Å². The summed E-state index contributed by atoms with van der Waals surface area (Å²) in [6.07, 6.45) is 2.19. The normalized spacial score (nSPS) is 17.9. The van der Waals surface area contributed by atoms with Gasteiger partial charge >= 0.3 is 0 Å². The lowest BCUT2D eigenvalue weighted by Crippen LogP contribution is -2.28. The summed E-state index contributed by atoms with van der Waals surface area (Å²) in [7, 11) is 0. The first kappa shape index (κ1) is 10.6. The van der Waals surface area contributed by atoms with Crippen molar-refractivity contribution in [3.8, 4) is 0 Å². The number of piperidine rings is 1. The molecule has 0 atom stereocenters. The zero-order valence-electron chi connectivity index (χ0n) is 8.66. The predicted molar refractivity (Wildman–Crippen MR) is 56.1 cm³/mol. The maximum atomic E-state index is 13.2. The Balaban J connectivity index is 1.84. The number of rotatable bonds is 3. The largest absolute Gasteiger partial charge is 0.373 e. The van der Waals surface area contributed by atoms with Crippen LogP contribution in [0.3, 0.4) is 0 Å². The Morgan fingerprint density at radius 3 is 2.73 bits per heavy atom. The van der Waals surface area contributed by atoms with Crippen LogP contribution in [0.5, 0.6) is 0 Å². The molecule has 1 fully saturated rings. The average molecular weight is 208 g/mol. The van der Waals surface area contributed by atoms with Gasteiger partial charge in [-0.3, -0.25) is 0 Å². The molecule has 0 aromatic heterocycles. The molecule has 2 rings (SSSR count). The molecule has 0 N–H and O–H groups in total. The fraction of sp³-hybridized carbons (Fsp3) is 0.500. The Hall–Kier alpha value is -0.930. The highest BCUT2D eigenvalue weighted by atomic mass is 19.1. The Kier molecular flexibility index (Phi) is 3.69. The molecule has 0 unspecified atom stereocenters. The van der Waals surface area contributed by atoms with E-state index >= 15 is 0 Å². The third kappa shape index (κ3) is 3.01. The van der Waals surface area contributed by atoms with Crippen molar-refractivity contribution < 1.29 is 9.13 Å². The lowest BCUT2D eigenvalue weighted by atomic mass is 10.1. The predicted octanol–water partition coefficient (Wildman–Crippen LogP) is 2.11. The third-order valence-corrected chi connectivity index (χ3v) is 2.65. The summed E-state index contributed by atoms with van der Waals surface area (Å²) >= 11 is 0. The van der Waals surface area contributed by atoms with Gasteiger partial charge in [0.1, 0.15) is 5.82 Å². The van der Waals surface area contributed by atoms with Crippen LogP contribution in [0, 0.1) is 5.82 Å². The second-order valence-corrected chi connectivity index (χ2v) is 3.77. The second kappa shape index (κ2) is 5.24. The van der Waals surface area contributed by atoms with E-state index in [1.54, 1.807) is 12.1 Å². The summed E-state index contributed by atoms with van der Waals surface area (Å²) in [5, 5.41) is 4.25. The van der Waals surface area contributed by atoms with E-state index in [0.717, 1.165) is 25.9 Å². The standard InChI is InChI=1S/C12H15FNO/c13-12-4-2-1-3-10(12)9-15-11-5-7-14-8-6-11/h1-4,11H,5-9H2. The zero-order valence-corrected chi connectivity index (χ0v) is 8.66. The van der Waals surface area contributed by atoms with Crippen molar-refractivity contribution >= 4 is 0 Å². The maximum absolute atomic E-state index is 13.2. The number of hydrogen-bond donors (Lipinski definition) is 0. The molecule has 0 saturated carbocycles. The summed E-state index contributed by atoms with van der Waals surface area (Å²) in [4.78, 5) is 0. The van der Waals surface area contributed by atoms with Crippen molar-refractivity contribution in [2.75, 3.05) is 13.1 Å². The fourth-order valence-corrected chi connectivity index (χ4v) is 1.72. The molecule has 81 valence electrons. The minimum atomic E-state index is -0.182.